The fraction of sp³-hybridized carbons (Fsp3) is 0.455. The van der Waals surface area contributed by atoms with E-state index in [2.05, 4.69) is 14.8 Å². The zero-order valence-corrected chi connectivity index (χ0v) is 16.5. The monoisotopic (exact) mass is 443 g/mol. The van der Waals surface area contributed by atoms with Gasteiger partial charge in [-0.15, -0.1) is 13.2 Å². The Kier molecular flexibility index (Phi) is 6.07. The topological polar surface area (TPSA) is 39.7 Å². The quantitative estimate of drug-likeness (QED) is 0.615. The number of ether oxygens (including phenoxy) is 3. The summed E-state index contributed by atoms with van der Waals surface area (Å²) < 4.78 is 78.7. The Hall–Kier alpha value is -2.39. The lowest BCUT2D eigenvalue weighted by Crippen LogP contribution is -2.48. The van der Waals surface area contributed by atoms with Crippen molar-refractivity contribution in [2.45, 2.75) is 49.8 Å². The minimum absolute atomic E-state index is 0.110. The van der Waals surface area contributed by atoms with Crippen LogP contribution in [-0.4, -0.2) is 31.7 Å². The minimum atomic E-state index is -4.89. The number of hydrogen-bond acceptors (Lipinski definition) is 4. The summed E-state index contributed by atoms with van der Waals surface area (Å²) in [5.74, 6) is -1.07. The number of hydrogen-bond donors (Lipinski definition) is 1. The fourth-order valence-corrected chi connectivity index (χ4v) is 4.65. The van der Waals surface area contributed by atoms with Crippen LogP contribution in [0.3, 0.4) is 0 Å². The molecule has 2 aliphatic heterocycles. The first-order valence-electron chi connectivity index (χ1n) is 10.0. The van der Waals surface area contributed by atoms with Crippen molar-refractivity contribution in [1.82, 2.24) is 5.32 Å². The van der Waals surface area contributed by atoms with E-state index in [0.29, 0.717) is 6.42 Å². The zero-order valence-electron chi connectivity index (χ0n) is 16.5. The third-order valence-corrected chi connectivity index (χ3v) is 5.82. The molecule has 0 radical (unpaired) electrons. The number of rotatable bonds is 5. The van der Waals surface area contributed by atoms with Gasteiger partial charge in [0.25, 0.3) is 0 Å². The molecule has 0 aromatic heterocycles. The van der Waals surface area contributed by atoms with Crippen molar-refractivity contribution in [2.75, 3.05) is 13.2 Å². The first kappa shape index (κ1) is 21.8. The highest BCUT2D eigenvalue weighted by atomic mass is 19.4. The van der Waals surface area contributed by atoms with Gasteiger partial charge < -0.3 is 19.5 Å². The van der Waals surface area contributed by atoms with E-state index in [1.807, 2.05) is 30.3 Å². The lowest BCUT2D eigenvalue weighted by molar-refractivity contribution is -0.274. The molecule has 4 nitrogen and oxygen atoms in total. The van der Waals surface area contributed by atoms with Crippen molar-refractivity contribution in [3.8, 4) is 11.5 Å². The van der Waals surface area contributed by atoms with Crippen LogP contribution in [0, 0.1) is 0 Å². The third-order valence-electron chi connectivity index (χ3n) is 5.82. The van der Waals surface area contributed by atoms with Crippen LogP contribution in [0.1, 0.15) is 42.3 Å². The van der Waals surface area contributed by atoms with E-state index in [4.69, 9.17) is 4.74 Å². The van der Waals surface area contributed by atoms with Crippen LogP contribution in [0.2, 0.25) is 0 Å². The van der Waals surface area contributed by atoms with E-state index in [0.717, 1.165) is 43.1 Å². The summed E-state index contributed by atoms with van der Waals surface area (Å²) >= 11 is 0. The summed E-state index contributed by atoms with van der Waals surface area (Å²) in [6, 6.07) is 12.8. The summed E-state index contributed by atoms with van der Waals surface area (Å²) in [5.41, 5.74) is 0.671. The Morgan fingerprint density at radius 2 is 1.87 bits per heavy atom. The summed E-state index contributed by atoms with van der Waals surface area (Å²) in [5, 5.41) is 3.48. The Morgan fingerprint density at radius 1 is 1.10 bits per heavy atom. The highest BCUT2D eigenvalue weighted by Crippen LogP contribution is 2.50. The lowest BCUT2D eigenvalue weighted by atomic mass is 9.77. The van der Waals surface area contributed by atoms with E-state index >= 15 is 0 Å². The van der Waals surface area contributed by atoms with Gasteiger partial charge in [0.1, 0.15) is 11.5 Å². The molecule has 0 saturated carbocycles. The van der Waals surface area contributed by atoms with Gasteiger partial charge in [-0.05, 0) is 49.6 Å². The molecule has 4 rings (SSSR count). The fourth-order valence-electron chi connectivity index (χ4n) is 4.65. The molecular formula is C22H22F5NO3. The SMILES string of the molecule is FC(F)Oc1ccc(OC(F)(F)F)cc1[C@H]1CO[C@]2(CCCN[C@H]2c2ccccc2)C1. The zero-order chi connectivity index (χ0) is 22.1. The summed E-state index contributed by atoms with van der Waals surface area (Å²) in [6.07, 6.45) is -2.82. The lowest BCUT2D eigenvalue weighted by Gasteiger charge is -2.41. The second-order valence-electron chi connectivity index (χ2n) is 7.80. The Bertz CT molecular complexity index is 892. The first-order valence-corrected chi connectivity index (χ1v) is 10.0. The van der Waals surface area contributed by atoms with Gasteiger partial charge in [0.2, 0.25) is 0 Å². The molecule has 1 spiro atoms. The van der Waals surface area contributed by atoms with Crippen LogP contribution < -0.4 is 14.8 Å². The Balaban J connectivity index is 1.64. The van der Waals surface area contributed by atoms with Crippen LogP contribution in [0.5, 0.6) is 11.5 Å². The largest absolute Gasteiger partial charge is 0.573 e. The molecule has 168 valence electrons. The van der Waals surface area contributed by atoms with Gasteiger partial charge in [-0.2, -0.15) is 8.78 Å². The third kappa shape index (κ3) is 4.93. The highest BCUT2D eigenvalue weighted by molar-refractivity contribution is 5.44. The maximum absolute atomic E-state index is 12.9. The number of benzene rings is 2. The number of nitrogens with one attached hydrogen (secondary N) is 1. The van der Waals surface area contributed by atoms with Gasteiger partial charge in [0.15, 0.2) is 0 Å². The van der Waals surface area contributed by atoms with E-state index in [1.165, 1.54) is 0 Å². The van der Waals surface area contributed by atoms with Gasteiger partial charge in [-0.25, -0.2) is 0 Å². The molecule has 2 aromatic rings. The van der Waals surface area contributed by atoms with E-state index in [1.54, 1.807) is 0 Å². The molecule has 2 aromatic carbocycles. The van der Waals surface area contributed by atoms with Crippen LogP contribution >= 0.6 is 0 Å². The van der Waals surface area contributed by atoms with Crippen molar-refractivity contribution < 1.29 is 36.2 Å². The van der Waals surface area contributed by atoms with E-state index < -0.39 is 30.2 Å². The normalized spacial score (nSPS) is 26.4. The smallest absolute Gasteiger partial charge is 0.435 e. The molecule has 0 aliphatic carbocycles. The van der Waals surface area contributed by atoms with Crippen LogP contribution in [0.4, 0.5) is 22.0 Å². The van der Waals surface area contributed by atoms with E-state index in [9.17, 15) is 22.0 Å². The standard InChI is InChI=1S/C22H22F5NO3/c23-20(24)30-18-8-7-16(31-22(25,26)27)11-17(18)15-12-21(29-13-15)9-4-10-28-19(21)14-5-2-1-3-6-14/h1-3,5-8,11,15,19-20,28H,4,9-10,12-13H2/t15-,19+,21-/m1/s1. The number of alkyl halides is 5. The van der Waals surface area contributed by atoms with Crippen molar-refractivity contribution in [2.24, 2.45) is 0 Å². The summed E-state index contributed by atoms with van der Waals surface area (Å²) in [6.45, 7) is -2.11. The molecular weight excluding hydrogens is 421 g/mol. The summed E-state index contributed by atoms with van der Waals surface area (Å²) in [7, 11) is 0. The molecule has 2 fully saturated rings. The molecule has 3 atom stereocenters. The maximum Gasteiger partial charge on any atom is 0.573 e. The van der Waals surface area contributed by atoms with Gasteiger partial charge in [0.05, 0.1) is 18.2 Å². The molecule has 2 aliphatic rings. The highest BCUT2D eigenvalue weighted by Gasteiger charge is 2.49. The van der Waals surface area contributed by atoms with Gasteiger partial charge in [-0.1, -0.05) is 30.3 Å². The Morgan fingerprint density at radius 3 is 2.58 bits per heavy atom. The molecule has 0 bridgehead atoms. The van der Waals surface area contributed by atoms with Crippen molar-refractivity contribution >= 4 is 0 Å². The molecule has 2 heterocycles. The molecule has 2 saturated heterocycles. The maximum atomic E-state index is 12.9. The molecule has 1 N–H and O–H groups in total. The summed E-state index contributed by atoms with van der Waals surface area (Å²) in [4.78, 5) is 0. The average Bonchev–Trinajstić information content (AvgIpc) is 3.12. The van der Waals surface area contributed by atoms with Crippen molar-refractivity contribution in [3.05, 3.63) is 59.7 Å². The van der Waals surface area contributed by atoms with Gasteiger partial charge in [-0.3, -0.25) is 0 Å². The van der Waals surface area contributed by atoms with Crippen LogP contribution in [-0.2, 0) is 4.74 Å². The Labute approximate surface area is 176 Å². The van der Waals surface area contributed by atoms with Gasteiger partial charge in [0, 0.05) is 11.5 Å². The van der Waals surface area contributed by atoms with Crippen LogP contribution in [0.15, 0.2) is 48.5 Å². The van der Waals surface area contributed by atoms with Gasteiger partial charge >= 0.3 is 13.0 Å². The average molecular weight is 443 g/mol. The molecule has 0 unspecified atom stereocenters. The number of piperidine rings is 1. The van der Waals surface area contributed by atoms with E-state index in [-0.39, 0.29) is 24.0 Å². The predicted molar refractivity (Wildman–Crippen MR) is 102 cm³/mol. The predicted octanol–water partition coefficient (Wildman–Crippen LogP) is 5.55. The molecule has 9 heteroatoms. The van der Waals surface area contributed by atoms with Crippen molar-refractivity contribution in [3.63, 3.8) is 0 Å². The first-order chi connectivity index (χ1) is 14.8. The van der Waals surface area contributed by atoms with Crippen LogP contribution in [0.25, 0.3) is 0 Å². The second-order valence-corrected chi connectivity index (χ2v) is 7.80. The number of halogens is 5. The van der Waals surface area contributed by atoms with Crippen molar-refractivity contribution in [1.29, 1.82) is 0 Å². The minimum Gasteiger partial charge on any atom is -0.435 e. The molecule has 31 heavy (non-hydrogen) atoms. The molecule has 0 amide bonds. The second kappa shape index (κ2) is 8.63.